The summed E-state index contributed by atoms with van der Waals surface area (Å²) in [5.41, 5.74) is 3.25. The molecule has 1 N–H and O–H groups in total. The van der Waals surface area contributed by atoms with Crippen molar-refractivity contribution in [3.8, 4) is 11.4 Å². The minimum Gasteiger partial charge on any atom is -0.349 e. The Morgan fingerprint density at radius 3 is 2.59 bits per heavy atom. The highest BCUT2D eigenvalue weighted by molar-refractivity contribution is 7.99. The molecule has 0 aliphatic carbocycles. The molecule has 0 saturated carbocycles. The lowest BCUT2D eigenvalue weighted by Gasteiger charge is -2.17. The van der Waals surface area contributed by atoms with Gasteiger partial charge in [0.1, 0.15) is 0 Å². The highest BCUT2D eigenvalue weighted by Crippen LogP contribution is 2.24. The van der Waals surface area contributed by atoms with Crippen molar-refractivity contribution < 1.29 is 4.79 Å². The van der Waals surface area contributed by atoms with E-state index >= 15 is 0 Å². The summed E-state index contributed by atoms with van der Waals surface area (Å²) in [5.74, 6) is 0.982. The van der Waals surface area contributed by atoms with Crippen LogP contribution in [0.2, 0.25) is 0 Å². The Balaban J connectivity index is 1.67. The fourth-order valence-electron chi connectivity index (χ4n) is 2.99. The second-order valence-electron chi connectivity index (χ2n) is 6.67. The summed E-state index contributed by atoms with van der Waals surface area (Å²) < 4.78 is 1.96. The number of allylic oxidation sites excluding steroid dienone is 1. The van der Waals surface area contributed by atoms with Crippen molar-refractivity contribution >= 4 is 17.7 Å². The van der Waals surface area contributed by atoms with Gasteiger partial charge in [-0.2, -0.15) is 0 Å². The van der Waals surface area contributed by atoms with Crippen LogP contribution in [0, 0.1) is 6.92 Å². The highest BCUT2D eigenvalue weighted by atomic mass is 32.2. The molecule has 6 nitrogen and oxygen atoms in total. The first-order valence-corrected chi connectivity index (χ1v) is 10.5. The third kappa shape index (κ3) is 5.32. The lowest BCUT2D eigenvalue weighted by Crippen LogP contribution is -2.29. The SMILES string of the molecule is C=CCn1c(SCC(=O)N[C@@H](CC)c2ccc(C)cc2)nnc1-c1ccncc1. The maximum absolute atomic E-state index is 12.6. The van der Waals surface area contributed by atoms with E-state index in [4.69, 9.17) is 0 Å². The highest BCUT2D eigenvalue weighted by Gasteiger charge is 2.17. The number of nitrogens with zero attached hydrogens (tertiary/aromatic N) is 4. The molecule has 0 aliphatic heterocycles. The van der Waals surface area contributed by atoms with Crippen LogP contribution in [-0.2, 0) is 11.3 Å². The van der Waals surface area contributed by atoms with Crippen LogP contribution in [0.25, 0.3) is 11.4 Å². The maximum Gasteiger partial charge on any atom is 0.230 e. The molecule has 0 saturated heterocycles. The fourth-order valence-corrected chi connectivity index (χ4v) is 3.75. The van der Waals surface area contributed by atoms with Gasteiger partial charge in [0.15, 0.2) is 11.0 Å². The first-order chi connectivity index (χ1) is 14.1. The van der Waals surface area contributed by atoms with E-state index in [9.17, 15) is 4.79 Å². The smallest absolute Gasteiger partial charge is 0.230 e. The Labute approximate surface area is 175 Å². The van der Waals surface area contributed by atoms with Crippen molar-refractivity contribution in [1.82, 2.24) is 25.1 Å². The Hall–Kier alpha value is -2.93. The number of pyridine rings is 1. The normalized spacial score (nSPS) is 11.8. The molecule has 0 spiro atoms. The molecule has 1 aromatic carbocycles. The third-order valence-corrected chi connectivity index (χ3v) is 5.49. The van der Waals surface area contributed by atoms with Crippen LogP contribution in [0.4, 0.5) is 0 Å². The van der Waals surface area contributed by atoms with Gasteiger partial charge in [0.2, 0.25) is 5.91 Å². The second-order valence-corrected chi connectivity index (χ2v) is 7.61. The molecule has 0 fully saturated rings. The number of benzene rings is 1. The van der Waals surface area contributed by atoms with Gasteiger partial charge in [-0.05, 0) is 31.0 Å². The van der Waals surface area contributed by atoms with E-state index in [-0.39, 0.29) is 17.7 Å². The van der Waals surface area contributed by atoms with E-state index in [0.717, 1.165) is 23.4 Å². The quantitative estimate of drug-likeness (QED) is 0.425. The molecule has 0 unspecified atom stereocenters. The lowest BCUT2D eigenvalue weighted by atomic mass is 10.0. The fraction of sp³-hybridized carbons (Fsp3) is 0.273. The van der Waals surface area contributed by atoms with Crippen LogP contribution in [0.3, 0.4) is 0 Å². The number of hydrogen-bond donors (Lipinski definition) is 1. The molecule has 0 aliphatic rings. The number of aromatic nitrogens is 4. The predicted octanol–water partition coefficient (Wildman–Crippen LogP) is 4.19. The Bertz CT molecular complexity index is 953. The third-order valence-electron chi connectivity index (χ3n) is 4.52. The van der Waals surface area contributed by atoms with Crippen LogP contribution in [0.1, 0.15) is 30.5 Å². The summed E-state index contributed by atoms with van der Waals surface area (Å²) in [7, 11) is 0. The van der Waals surface area contributed by atoms with Gasteiger partial charge in [0.25, 0.3) is 0 Å². The number of nitrogens with one attached hydrogen (secondary N) is 1. The molecule has 0 radical (unpaired) electrons. The standard InChI is InChI=1S/C22H25N5OS/c1-4-14-27-21(18-10-12-23-13-11-18)25-26-22(27)29-15-20(28)24-19(5-2)17-8-6-16(3)7-9-17/h4,6-13,19H,1,5,14-15H2,2-3H3,(H,24,28)/t19-/m0/s1. The molecular weight excluding hydrogens is 382 g/mol. The average molecular weight is 408 g/mol. The van der Waals surface area contributed by atoms with E-state index in [1.807, 2.05) is 16.7 Å². The summed E-state index contributed by atoms with van der Waals surface area (Å²) in [4.78, 5) is 16.6. The Morgan fingerprint density at radius 2 is 1.93 bits per heavy atom. The molecular formula is C22H25N5OS. The zero-order valence-electron chi connectivity index (χ0n) is 16.7. The number of carbonyl (C=O) groups is 1. The van der Waals surface area contributed by atoms with E-state index < -0.39 is 0 Å². The van der Waals surface area contributed by atoms with Crippen LogP contribution < -0.4 is 5.32 Å². The van der Waals surface area contributed by atoms with Gasteiger partial charge < -0.3 is 5.32 Å². The van der Waals surface area contributed by atoms with Crippen molar-refractivity contribution in [2.75, 3.05) is 5.75 Å². The minimum atomic E-state index is -0.0268. The molecule has 7 heteroatoms. The van der Waals surface area contributed by atoms with Crippen molar-refractivity contribution in [3.63, 3.8) is 0 Å². The summed E-state index contributed by atoms with van der Waals surface area (Å²) in [5, 5.41) is 12.4. The molecule has 2 aromatic heterocycles. The second kappa shape index (κ2) is 10.0. The van der Waals surface area contributed by atoms with Gasteiger partial charge in [-0.3, -0.25) is 14.3 Å². The van der Waals surface area contributed by atoms with E-state index in [0.29, 0.717) is 11.7 Å². The lowest BCUT2D eigenvalue weighted by molar-refractivity contribution is -0.119. The van der Waals surface area contributed by atoms with Crippen molar-refractivity contribution in [1.29, 1.82) is 0 Å². The van der Waals surface area contributed by atoms with Crippen LogP contribution in [0.15, 0.2) is 66.6 Å². The van der Waals surface area contributed by atoms with Crippen molar-refractivity contribution in [2.24, 2.45) is 0 Å². The van der Waals surface area contributed by atoms with E-state index in [1.54, 1.807) is 18.5 Å². The molecule has 0 bridgehead atoms. The van der Waals surface area contributed by atoms with E-state index in [1.165, 1.54) is 17.3 Å². The number of thioether (sulfide) groups is 1. The number of amides is 1. The zero-order valence-corrected chi connectivity index (χ0v) is 17.5. The summed E-state index contributed by atoms with van der Waals surface area (Å²) in [6.45, 7) is 8.51. The van der Waals surface area contributed by atoms with Crippen molar-refractivity contribution in [3.05, 3.63) is 72.6 Å². The molecule has 2 heterocycles. The van der Waals surface area contributed by atoms with Crippen molar-refractivity contribution in [2.45, 2.75) is 38.0 Å². The Kier molecular flexibility index (Phi) is 7.19. The van der Waals surface area contributed by atoms with E-state index in [2.05, 4.69) is 65.2 Å². The summed E-state index contributed by atoms with van der Waals surface area (Å²) >= 11 is 1.37. The molecule has 150 valence electrons. The largest absolute Gasteiger partial charge is 0.349 e. The molecule has 3 aromatic rings. The maximum atomic E-state index is 12.6. The average Bonchev–Trinajstić information content (AvgIpc) is 3.15. The Morgan fingerprint density at radius 1 is 1.21 bits per heavy atom. The summed E-state index contributed by atoms with van der Waals surface area (Å²) in [6.07, 6.45) is 6.07. The first-order valence-electron chi connectivity index (χ1n) is 9.55. The number of aryl methyl sites for hydroxylation is 1. The molecule has 29 heavy (non-hydrogen) atoms. The number of carbonyl (C=O) groups excluding carboxylic acids is 1. The van der Waals surface area contributed by atoms with Gasteiger partial charge in [-0.25, -0.2) is 0 Å². The summed E-state index contributed by atoms with van der Waals surface area (Å²) in [6, 6.07) is 12.0. The molecule has 1 amide bonds. The topological polar surface area (TPSA) is 72.7 Å². The first kappa shape index (κ1) is 20.8. The predicted molar refractivity (Wildman–Crippen MR) is 117 cm³/mol. The van der Waals surface area contributed by atoms with Crippen LogP contribution in [0.5, 0.6) is 0 Å². The zero-order chi connectivity index (χ0) is 20.6. The molecule has 1 atom stereocenters. The van der Waals surface area contributed by atoms with Gasteiger partial charge in [0.05, 0.1) is 11.8 Å². The number of rotatable bonds is 9. The van der Waals surface area contributed by atoms with Gasteiger partial charge in [-0.15, -0.1) is 16.8 Å². The molecule has 3 rings (SSSR count). The van der Waals surface area contributed by atoms with Gasteiger partial charge >= 0.3 is 0 Å². The van der Waals surface area contributed by atoms with Crippen LogP contribution in [-0.4, -0.2) is 31.4 Å². The van der Waals surface area contributed by atoms with Gasteiger partial charge in [-0.1, -0.05) is 54.6 Å². The number of hydrogen-bond acceptors (Lipinski definition) is 5. The minimum absolute atomic E-state index is 0.00197. The van der Waals surface area contributed by atoms with Crippen LogP contribution >= 0.6 is 11.8 Å². The monoisotopic (exact) mass is 407 g/mol. The van der Waals surface area contributed by atoms with Gasteiger partial charge in [0, 0.05) is 24.5 Å².